The summed E-state index contributed by atoms with van der Waals surface area (Å²) < 4.78 is 36.6. The molecule has 8 nitrogen and oxygen atoms in total. The number of ether oxygens (including phenoxy) is 1. The second-order valence-corrected chi connectivity index (χ2v) is 9.35. The zero-order chi connectivity index (χ0) is 24.3. The molecule has 2 N–H and O–H groups in total. The first-order valence-electron chi connectivity index (χ1n) is 10.4. The molecule has 1 heterocycles. The number of sulfonamides is 1. The van der Waals surface area contributed by atoms with Gasteiger partial charge in [-0.3, -0.25) is 4.79 Å². The fraction of sp³-hybridized carbons (Fsp3) is 0.120. The number of hydrogen-bond acceptors (Lipinski definition) is 6. The largest absolute Gasteiger partial charge is 0.493 e. The molecular formula is C25H23N3O5S. The normalized spacial score (nSPS) is 11.9. The number of carbonyl (C=O) groups is 1. The van der Waals surface area contributed by atoms with Gasteiger partial charge in [0.25, 0.3) is 15.9 Å². The number of carbonyl (C=O) groups excluding carboxylic acids is 1. The maximum absolute atomic E-state index is 13.2. The average Bonchev–Trinajstić information content (AvgIpc) is 2.81. The van der Waals surface area contributed by atoms with Crippen LogP contribution in [0.5, 0.6) is 5.75 Å². The van der Waals surface area contributed by atoms with Gasteiger partial charge in [0.2, 0.25) is 5.55 Å². The molecule has 0 aliphatic carbocycles. The second kappa shape index (κ2) is 9.40. The van der Waals surface area contributed by atoms with Crippen molar-refractivity contribution in [2.45, 2.75) is 18.7 Å². The molecule has 4 aromatic rings. The Hall–Kier alpha value is -4.11. The first-order chi connectivity index (χ1) is 16.3. The van der Waals surface area contributed by atoms with Crippen LogP contribution in [0.2, 0.25) is 0 Å². The Morgan fingerprint density at radius 2 is 1.65 bits per heavy atom. The SMILES string of the molecule is COc1cccc2cc(C(=O)Nc3cc(C)cc(C)c3)c(=NNS(=O)(=O)c3ccccc3)oc12. The number of fused-ring (bicyclic) bond motifs is 1. The number of methoxy groups -OCH3 is 1. The van der Waals surface area contributed by atoms with Crippen LogP contribution in [0.25, 0.3) is 11.0 Å². The van der Waals surface area contributed by atoms with Crippen LogP contribution in [-0.4, -0.2) is 21.4 Å². The van der Waals surface area contributed by atoms with Crippen molar-refractivity contribution >= 4 is 32.6 Å². The van der Waals surface area contributed by atoms with Crippen molar-refractivity contribution in [3.05, 3.63) is 95.0 Å². The summed E-state index contributed by atoms with van der Waals surface area (Å²) in [4.78, 5) is 15.4. The van der Waals surface area contributed by atoms with E-state index in [2.05, 4.69) is 15.2 Å². The zero-order valence-corrected chi connectivity index (χ0v) is 19.6. The van der Waals surface area contributed by atoms with Crippen LogP contribution in [-0.2, 0) is 10.0 Å². The van der Waals surface area contributed by atoms with E-state index in [9.17, 15) is 13.2 Å². The van der Waals surface area contributed by atoms with Crippen molar-refractivity contribution < 1.29 is 22.4 Å². The molecule has 9 heteroatoms. The van der Waals surface area contributed by atoms with Crippen LogP contribution in [0.15, 0.2) is 87.2 Å². The molecule has 0 aliphatic rings. The van der Waals surface area contributed by atoms with Gasteiger partial charge < -0.3 is 14.5 Å². The van der Waals surface area contributed by atoms with E-state index in [1.165, 1.54) is 19.2 Å². The van der Waals surface area contributed by atoms with E-state index in [1.807, 2.05) is 32.0 Å². The summed E-state index contributed by atoms with van der Waals surface area (Å²) in [7, 11) is -2.49. The quantitative estimate of drug-likeness (QED) is 0.406. The summed E-state index contributed by atoms with van der Waals surface area (Å²) in [6, 6.07) is 20.2. The van der Waals surface area contributed by atoms with Crippen molar-refractivity contribution in [3.8, 4) is 5.75 Å². The highest BCUT2D eigenvalue weighted by Crippen LogP contribution is 2.25. The predicted molar refractivity (Wildman–Crippen MR) is 129 cm³/mol. The molecule has 0 fully saturated rings. The minimum atomic E-state index is -3.98. The van der Waals surface area contributed by atoms with Gasteiger partial charge in [-0.25, -0.2) is 0 Å². The number of aryl methyl sites for hydroxylation is 2. The van der Waals surface area contributed by atoms with Gasteiger partial charge in [-0.2, -0.15) is 13.2 Å². The van der Waals surface area contributed by atoms with E-state index in [0.29, 0.717) is 22.4 Å². The number of anilines is 1. The van der Waals surface area contributed by atoms with E-state index in [0.717, 1.165) is 11.1 Å². The number of nitrogens with one attached hydrogen (secondary N) is 2. The molecule has 1 aromatic heterocycles. The molecule has 0 atom stereocenters. The molecule has 0 aliphatic heterocycles. The summed E-state index contributed by atoms with van der Waals surface area (Å²) in [6.45, 7) is 3.86. The monoisotopic (exact) mass is 477 g/mol. The van der Waals surface area contributed by atoms with Crippen LogP contribution in [0.1, 0.15) is 21.5 Å². The highest BCUT2D eigenvalue weighted by atomic mass is 32.2. The minimum Gasteiger partial charge on any atom is -0.493 e. The molecule has 0 unspecified atom stereocenters. The molecule has 0 spiro atoms. The lowest BCUT2D eigenvalue weighted by molar-refractivity contribution is 0.102. The lowest BCUT2D eigenvalue weighted by Crippen LogP contribution is -2.27. The number of rotatable bonds is 6. The predicted octanol–water partition coefficient (Wildman–Crippen LogP) is 4.10. The molecule has 0 saturated carbocycles. The number of para-hydroxylation sites is 1. The fourth-order valence-corrected chi connectivity index (χ4v) is 4.35. The fourth-order valence-electron chi connectivity index (χ4n) is 3.53. The van der Waals surface area contributed by atoms with Crippen LogP contribution in [0.3, 0.4) is 0 Å². The van der Waals surface area contributed by atoms with E-state index in [4.69, 9.17) is 9.15 Å². The minimum absolute atomic E-state index is 0.0263. The third-order valence-electron chi connectivity index (χ3n) is 5.00. The van der Waals surface area contributed by atoms with Gasteiger partial charge in [-0.15, -0.1) is 5.10 Å². The number of benzene rings is 3. The maximum Gasteiger partial charge on any atom is 0.276 e. The van der Waals surface area contributed by atoms with Gasteiger partial charge in [0, 0.05) is 11.1 Å². The topological polar surface area (TPSA) is 110 Å². The Labute approximate surface area is 196 Å². The third-order valence-corrected chi connectivity index (χ3v) is 6.23. The Morgan fingerprint density at radius 3 is 2.32 bits per heavy atom. The van der Waals surface area contributed by atoms with E-state index in [1.54, 1.807) is 42.5 Å². The molecule has 0 bridgehead atoms. The summed E-state index contributed by atoms with van der Waals surface area (Å²) in [5.41, 5.74) is 2.75. The lowest BCUT2D eigenvalue weighted by atomic mass is 10.1. The van der Waals surface area contributed by atoms with Crippen LogP contribution < -0.4 is 20.4 Å². The van der Waals surface area contributed by atoms with E-state index < -0.39 is 15.9 Å². The van der Waals surface area contributed by atoms with Gasteiger partial charge in [-0.05, 0) is 61.4 Å². The molecule has 3 aromatic carbocycles. The number of nitrogens with zero attached hydrogens (tertiary/aromatic N) is 1. The molecule has 34 heavy (non-hydrogen) atoms. The van der Waals surface area contributed by atoms with E-state index in [-0.39, 0.29) is 16.0 Å². The Morgan fingerprint density at radius 1 is 0.941 bits per heavy atom. The smallest absolute Gasteiger partial charge is 0.276 e. The standard InChI is InChI=1S/C25H23N3O5S/c1-16-12-17(2)14-19(13-16)26-24(29)21-15-18-8-7-11-22(32-3)23(18)33-25(21)27-28-34(30,31)20-9-5-4-6-10-20/h4-15,28H,1-3H3,(H,26,29). The Bertz CT molecular complexity index is 1520. The van der Waals surface area contributed by atoms with Crippen molar-refractivity contribution in [1.29, 1.82) is 0 Å². The average molecular weight is 478 g/mol. The van der Waals surface area contributed by atoms with Gasteiger partial charge in [0.05, 0.1) is 12.0 Å². The molecule has 4 rings (SSSR count). The summed E-state index contributed by atoms with van der Waals surface area (Å²) >= 11 is 0. The van der Waals surface area contributed by atoms with Gasteiger partial charge in [-0.1, -0.05) is 36.4 Å². The first kappa shape index (κ1) is 23.1. The zero-order valence-electron chi connectivity index (χ0n) is 18.8. The lowest BCUT2D eigenvalue weighted by Gasteiger charge is -2.10. The van der Waals surface area contributed by atoms with Crippen LogP contribution in [0, 0.1) is 13.8 Å². The molecule has 1 amide bonds. The molecule has 0 saturated heterocycles. The molecule has 174 valence electrons. The van der Waals surface area contributed by atoms with Crippen LogP contribution >= 0.6 is 0 Å². The molecular weight excluding hydrogens is 454 g/mol. The van der Waals surface area contributed by atoms with Crippen molar-refractivity contribution in [2.24, 2.45) is 5.10 Å². The number of amides is 1. The first-order valence-corrected chi connectivity index (χ1v) is 11.9. The Kier molecular flexibility index (Phi) is 6.38. The van der Waals surface area contributed by atoms with E-state index >= 15 is 0 Å². The summed E-state index contributed by atoms with van der Waals surface area (Å²) in [6.07, 6.45) is 0. The second-order valence-electron chi connectivity index (χ2n) is 7.69. The van der Waals surface area contributed by atoms with Crippen molar-refractivity contribution in [3.63, 3.8) is 0 Å². The van der Waals surface area contributed by atoms with Crippen molar-refractivity contribution in [2.75, 3.05) is 12.4 Å². The van der Waals surface area contributed by atoms with Gasteiger partial charge in [0.15, 0.2) is 11.3 Å². The Balaban J connectivity index is 1.82. The number of hydrogen-bond donors (Lipinski definition) is 2. The molecule has 0 radical (unpaired) electrons. The van der Waals surface area contributed by atoms with Gasteiger partial charge in [0.1, 0.15) is 5.56 Å². The van der Waals surface area contributed by atoms with Crippen LogP contribution in [0.4, 0.5) is 5.69 Å². The van der Waals surface area contributed by atoms with Crippen molar-refractivity contribution in [1.82, 2.24) is 4.83 Å². The maximum atomic E-state index is 13.2. The summed E-state index contributed by atoms with van der Waals surface area (Å²) in [5, 5.41) is 7.38. The van der Waals surface area contributed by atoms with Gasteiger partial charge >= 0.3 is 0 Å². The highest BCUT2D eigenvalue weighted by molar-refractivity contribution is 7.89. The third kappa shape index (κ3) is 4.94. The summed E-state index contributed by atoms with van der Waals surface area (Å²) in [5.74, 6) is -0.0859. The highest BCUT2D eigenvalue weighted by Gasteiger charge is 2.17.